The largest absolute Gasteiger partial charge is 0.497 e. The third-order valence-corrected chi connectivity index (χ3v) is 2.57. The highest BCUT2D eigenvalue weighted by Crippen LogP contribution is 2.16. The van der Waals surface area contributed by atoms with Gasteiger partial charge in [-0.25, -0.2) is 5.43 Å². The summed E-state index contributed by atoms with van der Waals surface area (Å²) in [5.74, 6) is 2.31. The van der Waals surface area contributed by atoms with Gasteiger partial charge in [-0.3, -0.25) is 4.79 Å². The topological polar surface area (TPSA) is 73.1 Å². The lowest BCUT2D eigenvalue weighted by Crippen LogP contribution is -2.24. The van der Waals surface area contributed by atoms with Crippen LogP contribution in [0.5, 0.6) is 11.5 Å². The molecule has 0 unspecified atom stereocenters. The lowest BCUT2D eigenvalue weighted by atomic mass is 10.3. The highest BCUT2D eigenvalue weighted by atomic mass is 16.5. The van der Waals surface area contributed by atoms with Crippen molar-refractivity contribution in [1.29, 1.82) is 0 Å². The second kappa shape index (κ2) is 7.14. The molecule has 2 rings (SSSR count). The van der Waals surface area contributed by atoms with Crippen molar-refractivity contribution < 1.29 is 18.7 Å². The maximum absolute atomic E-state index is 11.5. The number of methoxy groups -OCH3 is 1. The maximum Gasteiger partial charge on any atom is 0.277 e. The lowest BCUT2D eigenvalue weighted by Gasteiger charge is -2.05. The Bertz CT molecular complexity index is 617. The first-order valence-electron chi connectivity index (χ1n) is 6.32. The molecule has 0 aliphatic rings. The minimum atomic E-state index is -0.356. The molecule has 1 aromatic heterocycles. The fourth-order valence-electron chi connectivity index (χ4n) is 1.54. The number of aryl methyl sites for hydroxylation is 1. The van der Waals surface area contributed by atoms with Gasteiger partial charge in [-0.1, -0.05) is 0 Å². The highest BCUT2D eigenvalue weighted by molar-refractivity contribution is 5.81. The Labute approximate surface area is 122 Å². The summed E-state index contributed by atoms with van der Waals surface area (Å²) in [5.41, 5.74) is 2.35. The van der Waals surface area contributed by atoms with E-state index in [1.54, 1.807) is 37.4 Å². The third kappa shape index (κ3) is 4.68. The van der Waals surface area contributed by atoms with Gasteiger partial charge in [0.25, 0.3) is 5.91 Å². The summed E-state index contributed by atoms with van der Waals surface area (Å²) in [6.07, 6.45) is 1.43. The van der Waals surface area contributed by atoms with Crippen LogP contribution in [-0.4, -0.2) is 25.8 Å². The van der Waals surface area contributed by atoms with E-state index in [9.17, 15) is 4.79 Å². The monoisotopic (exact) mass is 288 g/mol. The van der Waals surface area contributed by atoms with Crippen molar-refractivity contribution >= 4 is 12.1 Å². The Balaban J connectivity index is 1.75. The maximum atomic E-state index is 11.5. The number of nitrogens with one attached hydrogen (secondary N) is 1. The number of amides is 1. The van der Waals surface area contributed by atoms with E-state index in [-0.39, 0.29) is 12.5 Å². The van der Waals surface area contributed by atoms with E-state index in [4.69, 9.17) is 13.9 Å². The molecule has 0 atom stereocenters. The van der Waals surface area contributed by atoms with Crippen molar-refractivity contribution in [2.75, 3.05) is 13.7 Å². The Morgan fingerprint density at radius 2 is 1.95 bits per heavy atom. The fraction of sp³-hybridized carbons (Fsp3) is 0.200. The molecule has 0 aliphatic carbocycles. The van der Waals surface area contributed by atoms with Crippen LogP contribution < -0.4 is 14.9 Å². The number of ether oxygens (including phenoxy) is 2. The molecule has 6 heteroatoms. The summed E-state index contributed by atoms with van der Waals surface area (Å²) >= 11 is 0. The Hall–Kier alpha value is -2.76. The molecule has 21 heavy (non-hydrogen) atoms. The Kier molecular flexibility index (Phi) is 4.98. The van der Waals surface area contributed by atoms with E-state index in [0.29, 0.717) is 11.5 Å². The van der Waals surface area contributed by atoms with Gasteiger partial charge in [0.2, 0.25) is 0 Å². The van der Waals surface area contributed by atoms with Crippen LogP contribution in [0, 0.1) is 6.92 Å². The SMILES string of the molecule is COc1ccc(OCC(=O)NN=Cc2ccc(C)o2)cc1. The van der Waals surface area contributed by atoms with Crippen molar-refractivity contribution in [1.82, 2.24) is 5.43 Å². The molecule has 2 aromatic rings. The van der Waals surface area contributed by atoms with Crippen molar-refractivity contribution in [3.05, 3.63) is 47.9 Å². The van der Waals surface area contributed by atoms with E-state index in [1.807, 2.05) is 13.0 Å². The van der Waals surface area contributed by atoms with E-state index in [1.165, 1.54) is 6.21 Å². The molecule has 0 aliphatic heterocycles. The molecule has 0 bridgehead atoms. The first kappa shape index (κ1) is 14.6. The minimum Gasteiger partial charge on any atom is -0.497 e. The normalized spacial score (nSPS) is 10.6. The Morgan fingerprint density at radius 1 is 1.24 bits per heavy atom. The number of nitrogens with zero attached hydrogens (tertiary/aromatic N) is 1. The van der Waals surface area contributed by atoms with Crippen molar-refractivity contribution in [2.45, 2.75) is 6.92 Å². The first-order chi connectivity index (χ1) is 10.2. The van der Waals surface area contributed by atoms with E-state index < -0.39 is 0 Å². The first-order valence-corrected chi connectivity index (χ1v) is 6.32. The van der Waals surface area contributed by atoms with Crippen LogP contribution in [0.3, 0.4) is 0 Å². The summed E-state index contributed by atoms with van der Waals surface area (Å²) in [7, 11) is 1.59. The van der Waals surface area contributed by atoms with Gasteiger partial charge < -0.3 is 13.9 Å². The summed E-state index contributed by atoms with van der Waals surface area (Å²) in [5, 5.41) is 3.78. The predicted octanol–water partition coefficient (Wildman–Crippen LogP) is 2.13. The molecule has 0 fully saturated rings. The van der Waals surface area contributed by atoms with Crippen LogP contribution in [0.4, 0.5) is 0 Å². The number of furan rings is 1. The minimum absolute atomic E-state index is 0.124. The molecule has 0 saturated carbocycles. The number of hydrazone groups is 1. The van der Waals surface area contributed by atoms with Gasteiger partial charge in [0, 0.05) is 0 Å². The summed E-state index contributed by atoms with van der Waals surface area (Å²) in [4.78, 5) is 11.5. The van der Waals surface area contributed by atoms with Crippen LogP contribution in [0.2, 0.25) is 0 Å². The Morgan fingerprint density at radius 3 is 2.57 bits per heavy atom. The molecule has 0 saturated heterocycles. The number of rotatable bonds is 6. The molecule has 0 spiro atoms. The van der Waals surface area contributed by atoms with Gasteiger partial charge >= 0.3 is 0 Å². The molecule has 6 nitrogen and oxygen atoms in total. The highest BCUT2D eigenvalue weighted by Gasteiger charge is 2.02. The fourth-order valence-corrected chi connectivity index (χ4v) is 1.54. The predicted molar refractivity (Wildman–Crippen MR) is 77.7 cm³/mol. The van der Waals surface area contributed by atoms with E-state index in [0.717, 1.165) is 11.5 Å². The quantitative estimate of drug-likeness (QED) is 0.653. The molecule has 0 radical (unpaired) electrons. The number of benzene rings is 1. The molecule has 1 aromatic carbocycles. The zero-order valence-electron chi connectivity index (χ0n) is 11.8. The summed E-state index contributed by atoms with van der Waals surface area (Å²) in [6.45, 7) is 1.71. The van der Waals surface area contributed by atoms with Crippen LogP contribution in [0.25, 0.3) is 0 Å². The van der Waals surface area contributed by atoms with Crippen LogP contribution in [-0.2, 0) is 4.79 Å². The second-order valence-electron chi connectivity index (χ2n) is 4.21. The average Bonchev–Trinajstić information content (AvgIpc) is 2.91. The molecule has 1 heterocycles. The number of hydrogen-bond donors (Lipinski definition) is 1. The van der Waals surface area contributed by atoms with E-state index >= 15 is 0 Å². The van der Waals surface area contributed by atoms with Gasteiger partial charge in [0.1, 0.15) is 23.0 Å². The van der Waals surface area contributed by atoms with E-state index in [2.05, 4.69) is 10.5 Å². The molecular formula is C15H16N2O4. The zero-order valence-corrected chi connectivity index (χ0v) is 11.8. The molecular weight excluding hydrogens is 272 g/mol. The van der Waals surface area contributed by atoms with Crippen molar-refractivity contribution in [3.63, 3.8) is 0 Å². The summed E-state index contributed by atoms with van der Waals surface area (Å²) in [6, 6.07) is 10.5. The molecule has 1 N–H and O–H groups in total. The standard InChI is InChI=1S/C15H16N2O4/c1-11-3-4-14(21-11)9-16-17-15(18)10-20-13-7-5-12(19-2)6-8-13/h3-9H,10H2,1-2H3,(H,17,18). The van der Waals surface area contributed by atoms with Crippen molar-refractivity contribution in [2.24, 2.45) is 5.10 Å². The number of carbonyl (C=O) groups is 1. The van der Waals surface area contributed by atoms with Gasteiger partial charge in [0.15, 0.2) is 6.61 Å². The van der Waals surface area contributed by atoms with Crippen molar-refractivity contribution in [3.8, 4) is 11.5 Å². The van der Waals surface area contributed by atoms with Crippen LogP contribution in [0.15, 0.2) is 45.9 Å². The van der Waals surface area contributed by atoms with Gasteiger partial charge in [-0.2, -0.15) is 5.10 Å². The number of carbonyl (C=O) groups excluding carboxylic acids is 1. The summed E-state index contributed by atoms with van der Waals surface area (Å²) < 4.78 is 15.6. The van der Waals surface area contributed by atoms with Gasteiger partial charge in [-0.15, -0.1) is 0 Å². The third-order valence-electron chi connectivity index (χ3n) is 2.57. The smallest absolute Gasteiger partial charge is 0.277 e. The van der Waals surface area contributed by atoms with Gasteiger partial charge in [-0.05, 0) is 43.3 Å². The average molecular weight is 288 g/mol. The second-order valence-corrected chi connectivity index (χ2v) is 4.21. The van der Waals surface area contributed by atoms with Crippen LogP contribution in [0.1, 0.15) is 11.5 Å². The molecule has 1 amide bonds. The lowest BCUT2D eigenvalue weighted by molar-refractivity contribution is -0.123. The number of hydrogen-bond acceptors (Lipinski definition) is 5. The van der Waals surface area contributed by atoms with Gasteiger partial charge in [0.05, 0.1) is 13.3 Å². The zero-order chi connectivity index (χ0) is 15.1. The molecule has 110 valence electrons. The van der Waals surface area contributed by atoms with Crippen LogP contribution >= 0.6 is 0 Å².